The Balaban J connectivity index is 0.000000185. The molecule has 24 heavy (non-hydrogen) atoms. The summed E-state index contributed by atoms with van der Waals surface area (Å²) in [5, 5.41) is 9.82. The Labute approximate surface area is 142 Å². The first-order valence-corrected chi connectivity index (χ1v) is 7.98. The fraction of sp³-hybridized carbons (Fsp3) is 0.263. The number of rotatable bonds is 5. The van der Waals surface area contributed by atoms with Crippen molar-refractivity contribution in [2.75, 3.05) is 26.0 Å². The minimum atomic E-state index is 0.161. The zero-order valence-corrected chi connectivity index (χ0v) is 14.0. The highest BCUT2D eigenvalue weighted by Crippen LogP contribution is 2.23. The lowest BCUT2D eigenvalue weighted by molar-refractivity contribution is 0.300. The molecule has 0 amide bonds. The Morgan fingerprint density at radius 1 is 1.08 bits per heavy atom. The van der Waals surface area contributed by atoms with Crippen molar-refractivity contribution in [1.82, 2.24) is 4.98 Å². The Kier molecular flexibility index (Phi) is 6.66. The number of benzene rings is 2. The molecule has 0 atom stereocenters. The van der Waals surface area contributed by atoms with E-state index in [1.807, 2.05) is 42.6 Å². The number of ether oxygens (including phenoxy) is 1. The number of para-hydroxylation sites is 1. The molecule has 0 aliphatic heterocycles. The third-order valence-electron chi connectivity index (χ3n) is 3.82. The average molecular weight is 327 g/mol. The molecular weight excluding hydrogens is 302 g/mol. The van der Waals surface area contributed by atoms with Gasteiger partial charge < -0.3 is 26.3 Å². The molecule has 0 saturated carbocycles. The Hall–Kier alpha value is -2.50. The molecule has 128 valence electrons. The molecule has 1 aromatic heterocycles. The lowest BCUT2D eigenvalue weighted by atomic mass is 10.1. The van der Waals surface area contributed by atoms with Crippen molar-refractivity contribution in [3.63, 3.8) is 0 Å². The van der Waals surface area contributed by atoms with E-state index in [0.29, 0.717) is 13.0 Å². The van der Waals surface area contributed by atoms with Gasteiger partial charge in [0.2, 0.25) is 0 Å². The summed E-state index contributed by atoms with van der Waals surface area (Å²) in [4.78, 5) is 3.21. The molecule has 0 unspecified atom stereocenters. The lowest BCUT2D eigenvalue weighted by Crippen LogP contribution is -2.01. The molecule has 5 heteroatoms. The SMILES string of the molecule is COc1ccc2c(CCN)c[nH]c2c1.Nc1ccccc1CCO. The minimum Gasteiger partial charge on any atom is -0.497 e. The molecular formula is C19H25N3O2. The van der Waals surface area contributed by atoms with Gasteiger partial charge in [-0.1, -0.05) is 18.2 Å². The van der Waals surface area contributed by atoms with Gasteiger partial charge in [0.25, 0.3) is 0 Å². The fourth-order valence-electron chi connectivity index (χ4n) is 2.54. The standard InChI is InChI=1S/C11H14N2O.C8H11NO/c1-14-9-2-3-10-8(4-5-12)7-13-11(10)6-9;9-8-4-2-1-3-7(8)5-6-10/h2-3,6-7,13H,4-5,12H2,1H3;1-4,10H,5-6,9H2. The van der Waals surface area contributed by atoms with E-state index in [9.17, 15) is 0 Å². The van der Waals surface area contributed by atoms with Gasteiger partial charge in [-0.25, -0.2) is 0 Å². The van der Waals surface area contributed by atoms with Crippen LogP contribution in [-0.4, -0.2) is 30.4 Å². The van der Waals surface area contributed by atoms with Crippen LogP contribution in [0.4, 0.5) is 5.69 Å². The number of anilines is 1. The van der Waals surface area contributed by atoms with Crippen molar-refractivity contribution < 1.29 is 9.84 Å². The number of hydrogen-bond donors (Lipinski definition) is 4. The third-order valence-corrected chi connectivity index (χ3v) is 3.82. The van der Waals surface area contributed by atoms with Crippen LogP contribution >= 0.6 is 0 Å². The average Bonchev–Trinajstić information content (AvgIpc) is 3.00. The minimum absolute atomic E-state index is 0.161. The first kappa shape index (κ1) is 17.8. The predicted molar refractivity (Wildman–Crippen MR) is 99.3 cm³/mol. The van der Waals surface area contributed by atoms with Crippen molar-refractivity contribution in [1.29, 1.82) is 0 Å². The van der Waals surface area contributed by atoms with Gasteiger partial charge in [0.15, 0.2) is 0 Å². The maximum absolute atomic E-state index is 8.59. The molecule has 1 heterocycles. The topological polar surface area (TPSA) is 97.3 Å². The third kappa shape index (κ3) is 4.50. The molecule has 0 radical (unpaired) electrons. The van der Waals surface area contributed by atoms with Gasteiger partial charge in [-0.15, -0.1) is 0 Å². The molecule has 0 saturated heterocycles. The highest BCUT2D eigenvalue weighted by molar-refractivity contribution is 5.84. The molecule has 0 bridgehead atoms. The van der Waals surface area contributed by atoms with Gasteiger partial charge >= 0.3 is 0 Å². The summed E-state index contributed by atoms with van der Waals surface area (Å²) in [6, 6.07) is 13.6. The maximum atomic E-state index is 8.59. The van der Waals surface area contributed by atoms with Crippen molar-refractivity contribution in [2.24, 2.45) is 5.73 Å². The van der Waals surface area contributed by atoms with Crippen LogP contribution in [0, 0.1) is 0 Å². The van der Waals surface area contributed by atoms with E-state index >= 15 is 0 Å². The van der Waals surface area contributed by atoms with E-state index in [-0.39, 0.29) is 6.61 Å². The number of methoxy groups -OCH3 is 1. The van der Waals surface area contributed by atoms with Crippen molar-refractivity contribution >= 4 is 16.6 Å². The molecule has 0 spiro atoms. The van der Waals surface area contributed by atoms with Crippen molar-refractivity contribution in [3.8, 4) is 5.75 Å². The number of aromatic amines is 1. The monoisotopic (exact) mass is 327 g/mol. The summed E-state index contributed by atoms with van der Waals surface area (Å²) in [6.45, 7) is 0.840. The highest BCUT2D eigenvalue weighted by atomic mass is 16.5. The number of fused-ring (bicyclic) bond motifs is 1. The Morgan fingerprint density at radius 3 is 2.54 bits per heavy atom. The maximum Gasteiger partial charge on any atom is 0.120 e. The van der Waals surface area contributed by atoms with Gasteiger partial charge in [-0.05, 0) is 48.7 Å². The number of H-pyrrole nitrogens is 1. The summed E-state index contributed by atoms with van der Waals surface area (Å²) in [5.41, 5.74) is 15.3. The van der Waals surface area contributed by atoms with Crippen LogP contribution in [0.5, 0.6) is 5.75 Å². The summed E-state index contributed by atoms with van der Waals surface area (Å²) in [5.74, 6) is 0.874. The van der Waals surface area contributed by atoms with Crippen molar-refractivity contribution in [2.45, 2.75) is 12.8 Å². The van der Waals surface area contributed by atoms with Crippen LogP contribution in [0.15, 0.2) is 48.7 Å². The number of aliphatic hydroxyl groups excluding tert-OH is 1. The van der Waals surface area contributed by atoms with E-state index in [0.717, 1.165) is 28.9 Å². The van der Waals surface area contributed by atoms with E-state index in [1.165, 1.54) is 10.9 Å². The smallest absolute Gasteiger partial charge is 0.120 e. The van der Waals surface area contributed by atoms with Gasteiger partial charge in [-0.3, -0.25) is 0 Å². The second kappa shape index (κ2) is 8.96. The van der Waals surface area contributed by atoms with Crippen LogP contribution < -0.4 is 16.2 Å². The Bertz CT molecular complexity index is 768. The summed E-state index contributed by atoms with van der Waals surface area (Å²) in [7, 11) is 1.67. The molecule has 6 N–H and O–H groups in total. The van der Waals surface area contributed by atoms with Crippen LogP contribution in [-0.2, 0) is 12.8 Å². The summed E-state index contributed by atoms with van der Waals surface area (Å²) >= 11 is 0. The second-order valence-corrected chi connectivity index (χ2v) is 5.44. The number of nitrogen functional groups attached to an aromatic ring is 1. The fourth-order valence-corrected chi connectivity index (χ4v) is 2.54. The first-order chi connectivity index (χ1) is 11.7. The van der Waals surface area contributed by atoms with Crippen molar-refractivity contribution in [3.05, 3.63) is 59.8 Å². The molecule has 5 nitrogen and oxygen atoms in total. The predicted octanol–water partition coefficient (Wildman–Crippen LogP) is 2.48. The lowest BCUT2D eigenvalue weighted by Gasteiger charge is -2.00. The zero-order valence-electron chi connectivity index (χ0n) is 14.0. The summed E-state index contributed by atoms with van der Waals surface area (Å²) < 4.78 is 5.15. The molecule has 0 aliphatic rings. The number of aromatic nitrogens is 1. The Morgan fingerprint density at radius 2 is 1.88 bits per heavy atom. The first-order valence-electron chi connectivity index (χ1n) is 7.98. The largest absolute Gasteiger partial charge is 0.497 e. The van der Waals surface area contributed by atoms with Gasteiger partial charge in [-0.2, -0.15) is 0 Å². The van der Waals surface area contributed by atoms with Gasteiger partial charge in [0, 0.05) is 35.5 Å². The van der Waals surface area contributed by atoms with E-state index in [2.05, 4.69) is 11.1 Å². The molecule has 0 fully saturated rings. The number of aliphatic hydroxyl groups is 1. The molecule has 3 aromatic rings. The quantitative estimate of drug-likeness (QED) is 0.541. The van der Waals surface area contributed by atoms with Crippen LogP contribution in [0.1, 0.15) is 11.1 Å². The normalized spacial score (nSPS) is 10.3. The van der Waals surface area contributed by atoms with Crippen LogP contribution in [0.3, 0.4) is 0 Å². The molecule has 0 aliphatic carbocycles. The number of nitrogens with two attached hydrogens (primary N) is 2. The second-order valence-electron chi connectivity index (χ2n) is 5.44. The highest BCUT2D eigenvalue weighted by Gasteiger charge is 2.03. The van der Waals surface area contributed by atoms with E-state index < -0.39 is 0 Å². The molecule has 2 aromatic carbocycles. The van der Waals surface area contributed by atoms with E-state index in [1.54, 1.807) is 7.11 Å². The van der Waals surface area contributed by atoms with Crippen LogP contribution in [0.2, 0.25) is 0 Å². The number of nitrogens with one attached hydrogen (secondary N) is 1. The number of hydrogen-bond acceptors (Lipinski definition) is 4. The summed E-state index contributed by atoms with van der Waals surface area (Å²) in [6.07, 6.45) is 3.57. The van der Waals surface area contributed by atoms with Gasteiger partial charge in [0.1, 0.15) is 5.75 Å². The van der Waals surface area contributed by atoms with Crippen LogP contribution in [0.25, 0.3) is 10.9 Å². The van der Waals surface area contributed by atoms with E-state index in [4.69, 9.17) is 21.3 Å². The van der Waals surface area contributed by atoms with Gasteiger partial charge in [0.05, 0.1) is 7.11 Å². The molecule has 3 rings (SSSR count). The zero-order chi connectivity index (χ0) is 17.4.